The first-order valence-corrected chi connectivity index (χ1v) is 11.6. The minimum Gasteiger partial charge on any atom is -0.497 e. The molecule has 2 amide bonds. The van der Waals surface area contributed by atoms with Crippen LogP contribution >= 0.6 is 0 Å². The van der Waals surface area contributed by atoms with Gasteiger partial charge < -0.3 is 19.4 Å². The summed E-state index contributed by atoms with van der Waals surface area (Å²) >= 11 is 0. The fraction of sp³-hybridized carbons (Fsp3) is 0.346. The molecule has 1 unspecified atom stereocenters. The number of methoxy groups -OCH3 is 1. The zero-order valence-corrected chi connectivity index (χ0v) is 19.6. The molecule has 176 valence electrons. The fourth-order valence-electron chi connectivity index (χ4n) is 4.72. The number of piperazine rings is 1. The second kappa shape index (κ2) is 9.21. The number of hydrogen-bond acceptors (Lipinski definition) is 5. The van der Waals surface area contributed by atoms with Crippen LogP contribution in [0.3, 0.4) is 0 Å². The molecule has 3 aromatic rings. The second-order valence-corrected chi connectivity index (χ2v) is 8.85. The van der Waals surface area contributed by atoms with Gasteiger partial charge >= 0.3 is 0 Å². The largest absolute Gasteiger partial charge is 0.497 e. The molecule has 5 rings (SSSR count). The molecule has 0 N–H and O–H groups in total. The molecule has 2 aliphatic rings. The van der Waals surface area contributed by atoms with Gasteiger partial charge in [0.2, 0.25) is 17.8 Å². The lowest BCUT2D eigenvalue weighted by atomic mass is 10.1. The minimum absolute atomic E-state index is 0.0228. The highest BCUT2D eigenvalue weighted by molar-refractivity contribution is 6.00. The average Bonchev–Trinajstić information content (AvgIpc) is 3.51. The van der Waals surface area contributed by atoms with Crippen LogP contribution in [0.1, 0.15) is 12.0 Å². The number of amides is 2. The van der Waals surface area contributed by atoms with E-state index in [4.69, 9.17) is 4.74 Å². The third-order valence-electron chi connectivity index (χ3n) is 6.65. The molecule has 0 saturated carbocycles. The Hall–Kier alpha value is -3.81. The van der Waals surface area contributed by atoms with Crippen LogP contribution in [0.5, 0.6) is 5.75 Å². The molecule has 0 bridgehead atoms. The van der Waals surface area contributed by atoms with Gasteiger partial charge in [0.15, 0.2) is 0 Å². The van der Waals surface area contributed by atoms with Crippen LogP contribution in [0.15, 0.2) is 60.9 Å². The number of rotatable bonds is 5. The molecule has 0 radical (unpaired) electrons. The first kappa shape index (κ1) is 22.0. The maximum Gasteiger partial charge on any atom is 0.228 e. The summed E-state index contributed by atoms with van der Waals surface area (Å²) in [4.78, 5) is 36.3. The standard InChI is InChI=1S/C26H29N5O3/c1-19-6-8-21(9-7-19)30-11-10-27-26(30)29-14-12-28(13-15-29)25(33)20-16-24(32)31(18-20)22-4-3-5-23(17-22)34-2/h3-11,17,20H,12-16,18H2,1-2H3. The summed E-state index contributed by atoms with van der Waals surface area (Å²) in [7, 11) is 1.60. The van der Waals surface area contributed by atoms with Gasteiger partial charge in [-0.2, -0.15) is 0 Å². The van der Waals surface area contributed by atoms with Gasteiger partial charge in [0.1, 0.15) is 5.75 Å². The van der Waals surface area contributed by atoms with Crippen molar-refractivity contribution in [2.24, 2.45) is 5.92 Å². The Morgan fingerprint density at radius 1 is 1.03 bits per heavy atom. The molecule has 0 aliphatic carbocycles. The Bertz CT molecular complexity index is 1180. The number of carbonyl (C=O) groups is 2. The molecule has 2 saturated heterocycles. The Morgan fingerprint density at radius 3 is 2.53 bits per heavy atom. The van der Waals surface area contributed by atoms with E-state index in [1.807, 2.05) is 41.6 Å². The lowest BCUT2D eigenvalue weighted by Crippen LogP contribution is -2.51. The second-order valence-electron chi connectivity index (χ2n) is 8.85. The monoisotopic (exact) mass is 459 g/mol. The Kier molecular flexibility index (Phi) is 5.96. The number of ether oxygens (including phenoxy) is 1. The van der Waals surface area contributed by atoms with E-state index >= 15 is 0 Å². The molecule has 8 nitrogen and oxygen atoms in total. The summed E-state index contributed by atoms with van der Waals surface area (Å²) in [5.41, 5.74) is 3.05. The van der Waals surface area contributed by atoms with E-state index in [1.165, 1.54) is 5.56 Å². The SMILES string of the molecule is COc1cccc(N2CC(C(=O)N3CCN(c4nccn4-c4ccc(C)cc4)CC3)CC2=O)c1. The van der Waals surface area contributed by atoms with E-state index in [-0.39, 0.29) is 24.2 Å². The zero-order valence-electron chi connectivity index (χ0n) is 19.6. The number of nitrogens with zero attached hydrogens (tertiary/aromatic N) is 5. The molecule has 2 aliphatic heterocycles. The van der Waals surface area contributed by atoms with E-state index in [9.17, 15) is 9.59 Å². The van der Waals surface area contributed by atoms with Crippen molar-refractivity contribution in [3.8, 4) is 11.4 Å². The maximum atomic E-state index is 13.2. The Labute approximate surface area is 199 Å². The predicted molar refractivity (Wildman–Crippen MR) is 131 cm³/mol. The molecule has 8 heteroatoms. The molecular formula is C26H29N5O3. The summed E-state index contributed by atoms with van der Waals surface area (Å²) in [6.07, 6.45) is 4.02. The van der Waals surface area contributed by atoms with Crippen LogP contribution in [0, 0.1) is 12.8 Å². The van der Waals surface area contributed by atoms with Crippen molar-refractivity contribution in [2.75, 3.05) is 49.6 Å². The number of aromatic nitrogens is 2. The van der Waals surface area contributed by atoms with Gasteiger partial charge in [-0.25, -0.2) is 4.98 Å². The molecule has 2 fully saturated rings. The molecular weight excluding hydrogens is 430 g/mol. The minimum atomic E-state index is -0.320. The van der Waals surface area contributed by atoms with Crippen LogP contribution in [-0.4, -0.2) is 66.1 Å². The van der Waals surface area contributed by atoms with Crippen LogP contribution < -0.4 is 14.5 Å². The van der Waals surface area contributed by atoms with Gasteiger partial charge in [-0.1, -0.05) is 23.8 Å². The van der Waals surface area contributed by atoms with Gasteiger partial charge in [-0.05, 0) is 31.2 Å². The predicted octanol–water partition coefficient (Wildman–Crippen LogP) is 2.89. The lowest BCUT2D eigenvalue weighted by molar-refractivity contribution is -0.136. The van der Waals surface area contributed by atoms with Crippen molar-refractivity contribution in [2.45, 2.75) is 13.3 Å². The molecule has 34 heavy (non-hydrogen) atoms. The lowest BCUT2D eigenvalue weighted by Gasteiger charge is -2.36. The van der Waals surface area contributed by atoms with Crippen molar-refractivity contribution in [1.29, 1.82) is 0 Å². The van der Waals surface area contributed by atoms with Crippen molar-refractivity contribution in [3.63, 3.8) is 0 Å². The van der Waals surface area contributed by atoms with E-state index < -0.39 is 0 Å². The van der Waals surface area contributed by atoms with Crippen molar-refractivity contribution >= 4 is 23.5 Å². The van der Waals surface area contributed by atoms with E-state index in [2.05, 4.69) is 45.6 Å². The smallest absolute Gasteiger partial charge is 0.228 e. The quantitative estimate of drug-likeness (QED) is 0.587. The summed E-state index contributed by atoms with van der Waals surface area (Å²) in [6.45, 7) is 5.11. The highest BCUT2D eigenvalue weighted by Gasteiger charge is 2.38. The van der Waals surface area contributed by atoms with Crippen LogP contribution in [0.25, 0.3) is 5.69 Å². The molecule has 0 spiro atoms. The molecule has 1 atom stereocenters. The number of aryl methyl sites for hydroxylation is 1. The number of hydrogen-bond donors (Lipinski definition) is 0. The first-order valence-electron chi connectivity index (χ1n) is 11.6. The highest BCUT2D eigenvalue weighted by atomic mass is 16.5. The topological polar surface area (TPSA) is 70.9 Å². The van der Waals surface area contributed by atoms with Gasteiger partial charge in [0, 0.05) is 69.0 Å². The van der Waals surface area contributed by atoms with Crippen LogP contribution in [0.4, 0.5) is 11.6 Å². The van der Waals surface area contributed by atoms with Crippen LogP contribution in [0.2, 0.25) is 0 Å². The van der Waals surface area contributed by atoms with Gasteiger partial charge in [-0.3, -0.25) is 14.2 Å². The van der Waals surface area contributed by atoms with Crippen molar-refractivity contribution in [3.05, 3.63) is 66.5 Å². The van der Waals surface area contributed by atoms with Crippen molar-refractivity contribution in [1.82, 2.24) is 14.5 Å². The fourth-order valence-corrected chi connectivity index (χ4v) is 4.72. The van der Waals surface area contributed by atoms with E-state index in [1.54, 1.807) is 12.0 Å². The molecule has 1 aromatic heterocycles. The summed E-state index contributed by atoms with van der Waals surface area (Å²) in [5.74, 6) is 1.29. The Balaban J connectivity index is 1.22. The third kappa shape index (κ3) is 4.23. The summed E-state index contributed by atoms with van der Waals surface area (Å²) in [6, 6.07) is 15.8. The highest BCUT2D eigenvalue weighted by Crippen LogP contribution is 2.29. The summed E-state index contributed by atoms with van der Waals surface area (Å²) < 4.78 is 7.36. The molecule has 3 heterocycles. The van der Waals surface area contributed by atoms with Gasteiger partial charge in [0.05, 0.1) is 13.0 Å². The molecule has 2 aromatic carbocycles. The maximum absolute atomic E-state index is 13.2. The van der Waals surface area contributed by atoms with Gasteiger partial charge in [-0.15, -0.1) is 0 Å². The number of carbonyl (C=O) groups excluding carboxylic acids is 2. The average molecular weight is 460 g/mol. The first-order chi connectivity index (χ1) is 16.5. The van der Waals surface area contributed by atoms with Crippen LogP contribution in [-0.2, 0) is 9.59 Å². The summed E-state index contributed by atoms with van der Waals surface area (Å²) in [5, 5.41) is 0. The van der Waals surface area contributed by atoms with E-state index in [0.717, 1.165) is 17.3 Å². The number of benzene rings is 2. The van der Waals surface area contributed by atoms with Gasteiger partial charge in [0.25, 0.3) is 0 Å². The normalized spacial score (nSPS) is 18.5. The van der Waals surface area contributed by atoms with E-state index in [0.29, 0.717) is 38.5 Å². The number of imidazole rings is 1. The van der Waals surface area contributed by atoms with Crippen molar-refractivity contribution < 1.29 is 14.3 Å². The zero-order chi connectivity index (χ0) is 23.7. The number of anilines is 2. The Morgan fingerprint density at radius 2 is 1.79 bits per heavy atom. The third-order valence-corrected chi connectivity index (χ3v) is 6.65.